The van der Waals surface area contributed by atoms with Gasteiger partial charge in [0.2, 0.25) is 0 Å². The molecule has 2 unspecified atom stereocenters. The van der Waals surface area contributed by atoms with E-state index in [4.69, 9.17) is 4.74 Å². The van der Waals surface area contributed by atoms with Crippen molar-refractivity contribution in [3.63, 3.8) is 0 Å². The molecule has 1 aromatic rings. The standard InChI is InChI=1S/C14H21NO/c1-11-4-3-5-12(8-11)13-6-7-15-14(9-13)10-16-2/h3-5,8,13-15H,6-7,9-10H2,1-2H3. The van der Waals surface area contributed by atoms with Gasteiger partial charge in [-0.05, 0) is 37.8 Å². The second kappa shape index (κ2) is 5.46. The minimum Gasteiger partial charge on any atom is -0.383 e. The second-order valence-corrected chi connectivity index (χ2v) is 4.74. The summed E-state index contributed by atoms with van der Waals surface area (Å²) in [6, 6.07) is 9.42. The quantitative estimate of drug-likeness (QED) is 0.843. The number of nitrogens with one attached hydrogen (secondary N) is 1. The van der Waals surface area contributed by atoms with Crippen molar-refractivity contribution >= 4 is 0 Å². The Balaban J connectivity index is 2.03. The Morgan fingerprint density at radius 1 is 1.44 bits per heavy atom. The molecule has 2 rings (SSSR count). The van der Waals surface area contributed by atoms with Crippen molar-refractivity contribution in [1.82, 2.24) is 5.32 Å². The summed E-state index contributed by atoms with van der Waals surface area (Å²) in [6.07, 6.45) is 2.43. The number of aryl methyl sites for hydroxylation is 1. The van der Waals surface area contributed by atoms with Gasteiger partial charge >= 0.3 is 0 Å². The SMILES string of the molecule is COCC1CC(c2cccc(C)c2)CCN1. The van der Waals surface area contributed by atoms with Crippen LogP contribution in [0.15, 0.2) is 24.3 Å². The van der Waals surface area contributed by atoms with Crippen molar-refractivity contribution in [2.24, 2.45) is 0 Å². The van der Waals surface area contributed by atoms with Crippen molar-refractivity contribution in [2.75, 3.05) is 20.3 Å². The molecule has 1 N–H and O–H groups in total. The molecule has 0 aliphatic carbocycles. The summed E-state index contributed by atoms with van der Waals surface area (Å²) in [6.45, 7) is 4.09. The zero-order valence-electron chi connectivity index (χ0n) is 10.2. The molecular formula is C14H21NO. The average Bonchev–Trinajstić information content (AvgIpc) is 2.30. The van der Waals surface area contributed by atoms with Crippen LogP contribution in [0.1, 0.15) is 29.9 Å². The van der Waals surface area contributed by atoms with E-state index < -0.39 is 0 Å². The largest absolute Gasteiger partial charge is 0.383 e. The minimum atomic E-state index is 0.518. The Bertz CT molecular complexity index is 335. The van der Waals surface area contributed by atoms with Crippen LogP contribution in [0.25, 0.3) is 0 Å². The molecule has 2 heteroatoms. The van der Waals surface area contributed by atoms with Gasteiger partial charge in [0.1, 0.15) is 0 Å². The zero-order valence-corrected chi connectivity index (χ0v) is 10.2. The lowest BCUT2D eigenvalue weighted by Gasteiger charge is -2.30. The third kappa shape index (κ3) is 2.83. The first kappa shape index (κ1) is 11.6. The van der Waals surface area contributed by atoms with Crippen LogP contribution < -0.4 is 5.32 Å². The molecule has 2 atom stereocenters. The average molecular weight is 219 g/mol. The molecule has 0 bridgehead atoms. The summed E-state index contributed by atoms with van der Waals surface area (Å²) < 4.78 is 5.23. The van der Waals surface area contributed by atoms with E-state index >= 15 is 0 Å². The van der Waals surface area contributed by atoms with Gasteiger partial charge in [0.05, 0.1) is 6.61 Å². The van der Waals surface area contributed by atoms with E-state index in [-0.39, 0.29) is 0 Å². The number of methoxy groups -OCH3 is 1. The third-order valence-electron chi connectivity index (χ3n) is 3.38. The van der Waals surface area contributed by atoms with Crippen molar-refractivity contribution < 1.29 is 4.74 Å². The molecule has 2 nitrogen and oxygen atoms in total. The van der Waals surface area contributed by atoms with Crippen LogP contribution in [-0.2, 0) is 4.74 Å². The van der Waals surface area contributed by atoms with E-state index in [0.29, 0.717) is 12.0 Å². The fraction of sp³-hybridized carbons (Fsp3) is 0.571. The Morgan fingerprint density at radius 3 is 3.06 bits per heavy atom. The normalized spacial score (nSPS) is 25.6. The Hall–Kier alpha value is -0.860. The highest BCUT2D eigenvalue weighted by molar-refractivity contribution is 5.26. The van der Waals surface area contributed by atoms with Gasteiger partial charge < -0.3 is 10.1 Å². The highest BCUT2D eigenvalue weighted by Crippen LogP contribution is 2.28. The number of hydrogen-bond donors (Lipinski definition) is 1. The van der Waals surface area contributed by atoms with E-state index in [1.165, 1.54) is 24.0 Å². The van der Waals surface area contributed by atoms with Crippen LogP contribution in [0, 0.1) is 6.92 Å². The highest BCUT2D eigenvalue weighted by Gasteiger charge is 2.22. The van der Waals surface area contributed by atoms with Crippen molar-refractivity contribution in [2.45, 2.75) is 31.7 Å². The number of hydrogen-bond acceptors (Lipinski definition) is 2. The molecular weight excluding hydrogens is 198 g/mol. The summed E-state index contributed by atoms with van der Waals surface area (Å²) in [7, 11) is 1.78. The molecule has 1 saturated heterocycles. The molecule has 0 saturated carbocycles. The van der Waals surface area contributed by atoms with E-state index in [9.17, 15) is 0 Å². The molecule has 1 aliphatic rings. The Morgan fingerprint density at radius 2 is 2.31 bits per heavy atom. The van der Waals surface area contributed by atoms with Crippen LogP contribution in [0.2, 0.25) is 0 Å². The lowest BCUT2D eigenvalue weighted by atomic mass is 9.86. The predicted molar refractivity (Wildman–Crippen MR) is 66.8 cm³/mol. The molecule has 1 heterocycles. The van der Waals surface area contributed by atoms with Crippen LogP contribution in [0.5, 0.6) is 0 Å². The summed E-state index contributed by atoms with van der Waals surface area (Å²) in [5.74, 6) is 0.696. The predicted octanol–water partition coefficient (Wildman–Crippen LogP) is 2.48. The highest BCUT2D eigenvalue weighted by atomic mass is 16.5. The van der Waals surface area contributed by atoms with Crippen molar-refractivity contribution in [3.8, 4) is 0 Å². The summed E-state index contributed by atoms with van der Waals surface area (Å²) in [5.41, 5.74) is 2.85. The Kier molecular flexibility index (Phi) is 3.97. The molecule has 0 radical (unpaired) electrons. The molecule has 1 aromatic carbocycles. The summed E-state index contributed by atoms with van der Waals surface area (Å²) in [4.78, 5) is 0. The van der Waals surface area contributed by atoms with Gasteiger partial charge in [-0.15, -0.1) is 0 Å². The van der Waals surface area contributed by atoms with Gasteiger partial charge in [0.15, 0.2) is 0 Å². The molecule has 1 aliphatic heterocycles. The molecule has 1 fully saturated rings. The lowest BCUT2D eigenvalue weighted by molar-refractivity contribution is 0.149. The van der Waals surface area contributed by atoms with Crippen molar-refractivity contribution in [3.05, 3.63) is 35.4 Å². The molecule has 0 aromatic heterocycles. The van der Waals surface area contributed by atoms with Crippen LogP contribution in [0.4, 0.5) is 0 Å². The van der Waals surface area contributed by atoms with Gasteiger partial charge in [-0.25, -0.2) is 0 Å². The van der Waals surface area contributed by atoms with Crippen LogP contribution >= 0.6 is 0 Å². The number of ether oxygens (including phenoxy) is 1. The van der Waals surface area contributed by atoms with E-state index in [1.807, 2.05) is 0 Å². The maximum atomic E-state index is 5.23. The zero-order chi connectivity index (χ0) is 11.4. The number of rotatable bonds is 3. The van der Waals surface area contributed by atoms with E-state index in [2.05, 4.69) is 36.5 Å². The second-order valence-electron chi connectivity index (χ2n) is 4.74. The van der Waals surface area contributed by atoms with Crippen LogP contribution in [-0.4, -0.2) is 26.3 Å². The van der Waals surface area contributed by atoms with Gasteiger partial charge in [-0.2, -0.15) is 0 Å². The molecule has 16 heavy (non-hydrogen) atoms. The molecule has 0 spiro atoms. The van der Waals surface area contributed by atoms with Gasteiger partial charge in [0, 0.05) is 13.2 Å². The fourth-order valence-electron chi connectivity index (χ4n) is 2.56. The Labute approximate surface area is 98.0 Å². The monoisotopic (exact) mass is 219 g/mol. The maximum absolute atomic E-state index is 5.23. The summed E-state index contributed by atoms with van der Waals surface area (Å²) >= 11 is 0. The van der Waals surface area contributed by atoms with E-state index in [1.54, 1.807) is 7.11 Å². The molecule has 88 valence electrons. The minimum absolute atomic E-state index is 0.518. The first-order chi connectivity index (χ1) is 7.79. The van der Waals surface area contributed by atoms with Crippen LogP contribution in [0.3, 0.4) is 0 Å². The van der Waals surface area contributed by atoms with Gasteiger partial charge in [0.25, 0.3) is 0 Å². The van der Waals surface area contributed by atoms with E-state index in [0.717, 1.165) is 13.2 Å². The first-order valence-corrected chi connectivity index (χ1v) is 6.08. The smallest absolute Gasteiger partial charge is 0.0616 e. The topological polar surface area (TPSA) is 21.3 Å². The lowest BCUT2D eigenvalue weighted by Crippen LogP contribution is -2.40. The maximum Gasteiger partial charge on any atom is 0.0616 e. The summed E-state index contributed by atoms with van der Waals surface area (Å²) in [5, 5.41) is 3.51. The fourth-order valence-corrected chi connectivity index (χ4v) is 2.56. The number of piperidine rings is 1. The van der Waals surface area contributed by atoms with Gasteiger partial charge in [-0.3, -0.25) is 0 Å². The van der Waals surface area contributed by atoms with Crippen molar-refractivity contribution in [1.29, 1.82) is 0 Å². The third-order valence-corrected chi connectivity index (χ3v) is 3.38. The molecule has 0 amide bonds. The van der Waals surface area contributed by atoms with Gasteiger partial charge in [-0.1, -0.05) is 29.8 Å². The first-order valence-electron chi connectivity index (χ1n) is 6.08. The number of benzene rings is 1.